The molecule has 1 saturated heterocycles. The van der Waals surface area contributed by atoms with Crippen molar-refractivity contribution in [2.24, 2.45) is 11.1 Å². The van der Waals surface area contributed by atoms with Crippen LogP contribution in [0.4, 0.5) is 10.3 Å². The van der Waals surface area contributed by atoms with Gasteiger partial charge in [0.05, 0.1) is 24.8 Å². The van der Waals surface area contributed by atoms with E-state index < -0.39 is 53.4 Å². The van der Waals surface area contributed by atoms with E-state index in [0.717, 1.165) is 0 Å². The van der Waals surface area contributed by atoms with E-state index in [1.54, 1.807) is 13.8 Å². The van der Waals surface area contributed by atoms with Crippen LogP contribution in [0.25, 0.3) is 11.2 Å². The van der Waals surface area contributed by atoms with Gasteiger partial charge in [-0.2, -0.15) is 4.98 Å². The molecular formula is C22H31FN6O8. The number of H-pyrrole nitrogens is 1. The number of ether oxygens (including phenoxy) is 4. The predicted octanol–water partition coefficient (Wildman–Crippen LogP) is 0.111. The minimum Gasteiger partial charge on any atom is -0.466 e. The summed E-state index contributed by atoms with van der Waals surface area (Å²) in [5, 5.41) is 0. The minimum absolute atomic E-state index is 0.0267. The first-order valence-corrected chi connectivity index (χ1v) is 11.8. The number of anilines is 1. The molecule has 14 nitrogen and oxygen atoms in total. The quantitative estimate of drug-likeness (QED) is 0.264. The van der Waals surface area contributed by atoms with Crippen LogP contribution in [0.2, 0.25) is 0 Å². The van der Waals surface area contributed by atoms with Gasteiger partial charge in [-0.1, -0.05) is 6.92 Å². The van der Waals surface area contributed by atoms with Crippen LogP contribution in [0.3, 0.4) is 0 Å². The van der Waals surface area contributed by atoms with E-state index in [2.05, 4.69) is 15.0 Å². The van der Waals surface area contributed by atoms with Gasteiger partial charge in [0, 0.05) is 6.42 Å². The number of alkyl halides is 1. The van der Waals surface area contributed by atoms with Gasteiger partial charge in [0.2, 0.25) is 5.95 Å². The molecule has 0 aliphatic carbocycles. The number of carbonyl (C=O) groups is 3. The third-order valence-electron chi connectivity index (χ3n) is 6.30. The number of hydrogen-bond acceptors (Lipinski definition) is 12. The highest BCUT2D eigenvalue weighted by Crippen LogP contribution is 2.32. The molecule has 1 fully saturated rings. The number of nitrogens with zero attached hydrogens (tertiary/aromatic N) is 3. The summed E-state index contributed by atoms with van der Waals surface area (Å²) in [6.45, 7) is 4.24. The molecule has 0 spiro atoms. The van der Waals surface area contributed by atoms with Crippen molar-refractivity contribution in [3.05, 3.63) is 16.7 Å². The summed E-state index contributed by atoms with van der Waals surface area (Å²) in [7, 11) is 0. The molecular weight excluding hydrogens is 495 g/mol. The first-order valence-electron chi connectivity index (χ1n) is 11.8. The second-order valence-corrected chi connectivity index (χ2v) is 8.73. The number of rotatable bonds is 11. The van der Waals surface area contributed by atoms with E-state index in [9.17, 15) is 23.6 Å². The fraction of sp³-hybridized carbons (Fsp3) is 0.636. The maximum absolute atomic E-state index is 14.6. The third kappa shape index (κ3) is 6.05. The Hall–Kier alpha value is -3.59. The molecule has 0 bridgehead atoms. The second kappa shape index (κ2) is 11.6. The van der Waals surface area contributed by atoms with Gasteiger partial charge in [0.25, 0.3) is 5.56 Å². The van der Waals surface area contributed by atoms with Gasteiger partial charge >= 0.3 is 17.9 Å². The van der Waals surface area contributed by atoms with Crippen molar-refractivity contribution in [3.8, 4) is 0 Å². The molecule has 0 radical (unpaired) electrons. The summed E-state index contributed by atoms with van der Waals surface area (Å²) < 4.78 is 36.7. The van der Waals surface area contributed by atoms with Crippen molar-refractivity contribution >= 4 is 35.0 Å². The highest BCUT2D eigenvalue weighted by Gasteiger charge is 2.44. The molecule has 0 amide bonds. The molecule has 2 aromatic heterocycles. The lowest BCUT2D eigenvalue weighted by Crippen LogP contribution is -2.51. The molecule has 5 N–H and O–H groups in total. The first kappa shape index (κ1) is 28.0. The highest BCUT2D eigenvalue weighted by molar-refractivity contribution is 5.87. The first-order chi connectivity index (χ1) is 17.5. The number of nitrogen functional groups attached to an aromatic ring is 1. The number of nitrogens with two attached hydrogens (primary N) is 2. The maximum Gasteiger partial charge on any atom is 0.324 e. The average molecular weight is 527 g/mol. The average Bonchev–Trinajstić information content (AvgIpc) is 3.44. The second-order valence-electron chi connectivity index (χ2n) is 8.73. The molecule has 204 valence electrons. The largest absolute Gasteiger partial charge is 0.466 e. The van der Waals surface area contributed by atoms with Crippen molar-refractivity contribution in [2.75, 3.05) is 25.6 Å². The Bertz CT molecular complexity index is 1200. The fourth-order valence-electron chi connectivity index (χ4n) is 3.78. The number of halogens is 1. The monoisotopic (exact) mass is 526 g/mol. The van der Waals surface area contributed by atoms with E-state index in [4.69, 9.17) is 30.4 Å². The molecule has 1 aliphatic heterocycles. The van der Waals surface area contributed by atoms with E-state index in [1.807, 2.05) is 0 Å². The van der Waals surface area contributed by atoms with Crippen LogP contribution in [0.1, 0.15) is 46.3 Å². The highest BCUT2D eigenvalue weighted by atomic mass is 19.1. The van der Waals surface area contributed by atoms with Crippen LogP contribution >= 0.6 is 0 Å². The summed E-state index contributed by atoms with van der Waals surface area (Å²) in [6, 6.07) is -1.29. The van der Waals surface area contributed by atoms with Crippen molar-refractivity contribution in [1.82, 2.24) is 19.5 Å². The molecule has 15 heteroatoms. The number of fused-ring (bicyclic) bond motifs is 1. The lowest BCUT2D eigenvalue weighted by Gasteiger charge is -2.30. The summed E-state index contributed by atoms with van der Waals surface area (Å²) in [5.41, 5.74) is 9.85. The lowest BCUT2D eigenvalue weighted by molar-refractivity contribution is -0.165. The zero-order valence-electron chi connectivity index (χ0n) is 20.8. The van der Waals surface area contributed by atoms with E-state index in [-0.39, 0.29) is 56.2 Å². The molecule has 3 rings (SSSR count). The number of imidazole rings is 1. The normalized spacial score (nSPS) is 21.8. The number of aromatic amines is 1. The molecule has 0 unspecified atom stereocenters. The molecule has 37 heavy (non-hydrogen) atoms. The summed E-state index contributed by atoms with van der Waals surface area (Å²) in [4.78, 5) is 58.8. The van der Waals surface area contributed by atoms with Crippen LogP contribution in [-0.4, -0.2) is 75.6 Å². The Morgan fingerprint density at radius 1 is 1.32 bits per heavy atom. The van der Waals surface area contributed by atoms with Gasteiger partial charge in [-0.25, -0.2) is 9.37 Å². The van der Waals surface area contributed by atoms with Crippen molar-refractivity contribution < 1.29 is 37.7 Å². The van der Waals surface area contributed by atoms with Crippen LogP contribution < -0.4 is 17.0 Å². The Labute approximate surface area is 210 Å². The standard InChI is InChI=1S/C22H31FN6O8/c1-4-22(3,20(33)34-5-2)16(24)19(32)35-7-6-14(30)36-9-12-11(23)8-13(37-12)29-10-26-15-17(29)27-21(25)28-18(15)31/h10-13,16H,4-9,24H2,1-3H3,(H3,25,27,28,31)/t11-,12+,13+,16+,22+/m0/s1. The third-order valence-corrected chi connectivity index (χ3v) is 6.30. The van der Waals surface area contributed by atoms with Gasteiger partial charge in [-0.15, -0.1) is 0 Å². The minimum atomic E-state index is -1.47. The summed E-state index contributed by atoms with van der Waals surface area (Å²) in [5.74, 6) is -2.36. The summed E-state index contributed by atoms with van der Waals surface area (Å²) >= 11 is 0. The van der Waals surface area contributed by atoms with Crippen LogP contribution in [0.15, 0.2) is 11.1 Å². The predicted molar refractivity (Wildman–Crippen MR) is 126 cm³/mol. The van der Waals surface area contributed by atoms with Crippen molar-refractivity contribution in [2.45, 2.75) is 64.6 Å². The zero-order valence-corrected chi connectivity index (χ0v) is 20.8. The maximum atomic E-state index is 14.6. The Morgan fingerprint density at radius 3 is 2.73 bits per heavy atom. The fourth-order valence-corrected chi connectivity index (χ4v) is 3.78. The SMILES string of the molecule is CCOC(=O)[C@](C)(CC)[C@H](N)C(=O)OCCC(=O)OC[C@H]1O[C@@H](n2cnc3c(=O)[nH]c(N)nc32)C[C@@H]1F. The van der Waals surface area contributed by atoms with Gasteiger partial charge < -0.3 is 30.4 Å². The Kier molecular flexibility index (Phi) is 8.81. The Balaban J connectivity index is 1.47. The van der Waals surface area contributed by atoms with Crippen LogP contribution in [-0.2, 0) is 33.3 Å². The molecule has 2 aromatic rings. The number of aromatic nitrogens is 4. The van der Waals surface area contributed by atoms with Gasteiger partial charge in [-0.05, 0) is 20.3 Å². The van der Waals surface area contributed by atoms with Crippen molar-refractivity contribution in [1.29, 1.82) is 0 Å². The van der Waals surface area contributed by atoms with E-state index >= 15 is 0 Å². The van der Waals surface area contributed by atoms with E-state index in [1.165, 1.54) is 17.8 Å². The number of carbonyl (C=O) groups excluding carboxylic acids is 3. The zero-order chi connectivity index (χ0) is 27.3. The molecule has 3 heterocycles. The van der Waals surface area contributed by atoms with Crippen LogP contribution in [0, 0.1) is 5.41 Å². The Morgan fingerprint density at radius 2 is 2.05 bits per heavy atom. The van der Waals surface area contributed by atoms with Gasteiger partial charge in [-0.3, -0.25) is 28.7 Å². The molecule has 0 aromatic carbocycles. The van der Waals surface area contributed by atoms with Gasteiger partial charge in [0.1, 0.15) is 37.8 Å². The lowest BCUT2D eigenvalue weighted by atomic mass is 9.80. The number of nitrogens with one attached hydrogen (secondary N) is 1. The smallest absolute Gasteiger partial charge is 0.324 e. The van der Waals surface area contributed by atoms with Crippen molar-refractivity contribution in [3.63, 3.8) is 0 Å². The number of hydrogen-bond donors (Lipinski definition) is 3. The topological polar surface area (TPSA) is 204 Å². The van der Waals surface area contributed by atoms with Gasteiger partial charge in [0.15, 0.2) is 11.2 Å². The van der Waals surface area contributed by atoms with E-state index in [0.29, 0.717) is 0 Å². The molecule has 0 saturated carbocycles. The molecule has 5 atom stereocenters. The summed E-state index contributed by atoms with van der Waals surface area (Å²) in [6.07, 6.45) is -2.25. The number of esters is 3. The van der Waals surface area contributed by atoms with Crippen LogP contribution in [0.5, 0.6) is 0 Å². The molecule has 1 aliphatic rings.